The molecule has 1 atom stereocenters. The van der Waals surface area contributed by atoms with Gasteiger partial charge in [-0.15, -0.1) is 0 Å². The molecule has 1 saturated heterocycles. The zero-order valence-electron chi connectivity index (χ0n) is 16.4. The largest absolute Gasteiger partial charge is 0.391 e. The number of aromatic nitrogens is 2. The fourth-order valence-electron chi connectivity index (χ4n) is 4.17. The van der Waals surface area contributed by atoms with Crippen molar-refractivity contribution in [2.75, 3.05) is 19.6 Å². The monoisotopic (exact) mass is 348 g/mol. The van der Waals surface area contributed by atoms with Gasteiger partial charge in [0.2, 0.25) is 5.62 Å². The highest BCUT2D eigenvalue weighted by Crippen LogP contribution is 2.24. The van der Waals surface area contributed by atoms with Crippen molar-refractivity contribution in [1.29, 1.82) is 5.41 Å². The SMILES string of the molecule is CC(C)(C)C(O)Cn1c2c(n(CCN3CCCCC3)c1=N)CCCC2. The summed E-state index contributed by atoms with van der Waals surface area (Å²) in [6.07, 6.45) is 8.13. The number of piperidine rings is 1. The third-order valence-corrected chi connectivity index (χ3v) is 6.02. The van der Waals surface area contributed by atoms with Crippen molar-refractivity contribution < 1.29 is 5.11 Å². The van der Waals surface area contributed by atoms with Gasteiger partial charge < -0.3 is 19.1 Å². The third-order valence-electron chi connectivity index (χ3n) is 6.02. The molecule has 1 aliphatic carbocycles. The van der Waals surface area contributed by atoms with Crippen LogP contribution in [0.4, 0.5) is 0 Å². The first-order valence-electron chi connectivity index (χ1n) is 10.1. The van der Waals surface area contributed by atoms with Crippen molar-refractivity contribution >= 4 is 0 Å². The van der Waals surface area contributed by atoms with Crippen LogP contribution in [0.3, 0.4) is 0 Å². The fraction of sp³-hybridized carbons (Fsp3) is 0.850. The first-order chi connectivity index (χ1) is 11.9. The maximum atomic E-state index is 10.6. The van der Waals surface area contributed by atoms with Crippen LogP contribution in [-0.2, 0) is 25.9 Å². The molecule has 1 fully saturated rings. The van der Waals surface area contributed by atoms with E-state index in [0.717, 1.165) is 25.9 Å². The van der Waals surface area contributed by atoms with Gasteiger partial charge >= 0.3 is 0 Å². The van der Waals surface area contributed by atoms with Crippen molar-refractivity contribution in [1.82, 2.24) is 14.0 Å². The molecule has 1 unspecified atom stereocenters. The molecule has 3 rings (SSSR count). The molecule has 0 saturated carbocycles. The van der Waals surface area contributed by atoms with Crippen molar-refractivity contribution in [3.05, 3.63) is 17.0 Å². The van der Waals surface area contributed by atoms with Crippen LogP contribution in [0.2, 0.25) is 0 Å². The minimum Gasteiger partial charge on any atom is -0.391 e. The predicted molar refractivity (Wildman–Crippen MR) is 101 cm³/mol. The lowest BCUT2D eigenvalue weighted by molar-refractivity contribution is 0.0460. The van der Waals surface area contributed by atoms with Gasteiger partial charge in [0.25, 0.3) is 0 Å². The predicted octanol–water partition coefficient (Wildman–Crippen LogP) is 2.54. The van der Waals surface area contributed by atoms with E-state index in [1.54, 1.807) is 0 Å². The minimum absolute atomic E-state index is 0.156. The molecule has 5 heteroatoms. The number of hydrogen-bond acceptors (Lipinski definition) is 3. The van der Waals surface area contributed by atoms with Gasteiger partial charge in [0.05, 0.1) is 12.6 Å². The molecule has 0 spiro atoms. The van der Waals surface area contributed by atoms with E-state index in [1.165, 1.54) is 56.6 Å². The van der Waals surface area contributed by atoms with E-state index in [2.05, 4.69) is 34.8 Å². The molecule has 142 valence electrons. The van der Waals surface area contributed by atoms with Gasteiger partial charge in [-0.05, 0) is 57.0 Å². The van der Waals surface area contributed by atoms with E-state index < -0.39 is 6.10 Å². The Labute approximate surface area is 152 Å². The number of fused-ring (bicyclic) bond motifs is 1. The van der Waals surface area contributed by atoms with E-state index in [9.17, 15) is 5.11 Å². The van der Waals surface area contributed by atoms with Crippen molar-refractivity contribution in [3.8, 4) is 0 Å². The number of rotatable bonds is 5. The van der Waals surface area contributed by atoms with E-state index in [1.807, 2.05) is 0 Å². The zero-order valence-corrected chi connectivity index (χ0v) is 16.4. The smallest absolute Gasteiger partial charge is 0.202 e. The molecule has 25 heavy (non-hydrogen) atoms. The second-order valence-electron chi connectivity index (χ2n) is 8.97. The van der Waals surface area contributed by atoms with Gasteiger partial charge in [0.15, 0.2) is 0 Å². The van der Waals surface area contributed by atoms with Gasteiger partial charge in [-0.1, -0.05) is 27.2 Å². The van der Waals surface area contributed by atoms with E-state index in [0.29, 0.717) is 12.2 Å². The van der Waals surface area contributed by atoms with Crippen LogP contribution < -0.4 is 5.62 Å². The number of nitrogens with zero attached hydrogens (tertiary/aromatic N) is 3. The van der Waals surface area contributed by atoms with Gasteiger partial charge in [-0.25, -0.2) is 0 Å². The maximum absolute atomic E-state index is 10.6. The Morgan fingerprint density at radius 3 is 2.12 bits per heavy atom. The molecule has 2 N–H and O–H groups in total. The lowest BCUT2D eigenvalue weighted by Crippen LogP contribution is -2.38. The fourth-order valence-corrected chi connectivity index (χ4v) is 4.17. The van der Waals surface area contributed by atoms with E-state index in [-0.39, 0.29) is 5.41 Å². The van der Waals surface area contributed by atoms with Crippen LogP contribution in [0.15, 0.2) is 0 Å². The summed E-state index contributed by atoms with van der Waals surface area (Å²) in [7, 11) is 0. The molecule has 1 aromatic heterocycles. The highest BCUT2D eigenvalue weighted by Gasteiger charge is 2.27. The summed E-state index contributed by atoms with van der Waals surface area (Å²) in [6.45, 7) is 11.1. The number of hydrogen-bond donors (Lipinski definition) is 2. The van der Waals surface area contributed by atoms with Crippen molar-refractivity contribution in [3.63, 3.8) is 0 Å². The molecule has 1 aromatic rings. The van der Waals surface area contributed by atoms with Crippen molar-refractivity contribution in [2.24, 2.45) is 5.41 Å². The van der Waals surface area contributed by atoms with Crippen LogP contribution in [0.25, 0.3) is 0 Å². The van der Waals surface area contributed by atoms with Crippen LogP contribution >= 0.6 is 0 Å². The zero-order chi connectivity index (χ0) is 18.0. The van der Waals surface area contributed by atoms with Gasteiger partial charge in [-0.2, -0.15) is 0 Å². The number of nitrogens with one attached hydrogen (secondary N) is 1. The molecule has 1 aliphatic heterocycles. The summed E-state index contributed by atoms with van der Waals surface area (Å²) in [6, 6.07) is 0. The summed E-state index contributed by atoms with van der Waals surface area (Å²) in [4.78, 5) is 2.55. The third kappa shape index (κ3) is 4.20. The second-order valence-corrected chi connectivity index (χ2v) is 8.97. The summed E-state index contributed by atoms with van der Waals surface area (Å²) >= 11 is 0. The molecule has 0 amide bonds. The number of imidazole rings is 1. The Balaban J connectivity index is 1.81. The van der Waals surface area contributed by atoms with Gasteiger partial charge in [0, 0.05) is 24.5 Å². The van der Waals surface area contributed by atoms with Crippen LogP contribution in [0, 0.1) is 10.8 Å². The van der Waals surface area contributed by atoms with Crippen LogP contribution in [0.1, 0.15) is 64.3 Å². The standard InChI is InChI=1S/C20H36N4O/c1-20(2,3)18(25)15-24-17-10-6-5-9-16(17)23(19(24)21)14-13-22-11-7-4-8-12-22/h18,21,25H,4-15H2,1-3H3. The second kappa shape index (κ2) is 7.67. The molecular formula is C20H36N4O. The van der Waals surface area contributed by atoms with Crippen LogP contribution in [0.5, 0.6) is 0 Å². The first kappa shape index (κ1) is 18.7. The molecular weight excluding hydrogens is 312 g/mol. The summed E-state index contributed by atoms with van der Waals surface area (Å²) in [5, 5.41) is 19.3. The van der Waals surface area contributed by atoms with Gasteiger partial charge in [0.1, 0.15) is 0 Å². The summed E-state index contributed by atoms with van der Waals surface area (Å²) in [5.41, 5.74) is 3.09. The van der Waals surface area contributed by atoms with E-state index >= 15 is 0 Å². The topological polar surface area (TPSA) is 57.2 Å². The number of likely N-dealkylation sites (tertiary alicyclic amines) is 1. The highest BCUT2D eigenvalue weighted by atomic mass is 16.3. The average Bonchev–Trinajstić information content (AvgIpc) is 2.85. The molecule has 5 nitrogen and oxygen atoms in total. The quantitative estimate of drug-likeness (QED) is 0.859. The van der Waals surface area contributed by atoms with Gasteiger partial charge in [-0.3, -0.25) is 5.41 Å². The maximum Gasteiger partial charge on any atom is 0.202 e. The molecule has 0 radical (unpaired) electrons. The molecule has 2 heterocycles. The molecule has 2 aliphatic rings. The Kier molecular flexibility index (Phi) is 5.74. The lowest BCUT2D eigenvalue weighted by atomic mass is 9.89. The average molecular weight is 349 g/mol. The van der Waals surface area contributed by atoms with Crippen LogP contribution in [-0.4, -0.2) is 44.9 Å². The Bertz CT molecular complexity index is 631. The number of aliphatic hydroxyl groups is 1. The highest BCUT2D eigenvalue weighted by molar-refractivity contribution is 5.18. The minimum atomic E-state index is -0.425. The molecule has 0 aromatic carbocycles. The van der Waals surface area contributed by atoms with Crippen molar-refractivity contribution in [2.45, 2.75) is 84.9 Å². The first-order valence-corrected chi connectivity index (χ1v) is 10.1. The Morgan fingerprint density at radius 1 is 0.920 bits per heavy atom. The Hall–Kier alpha value is -1.07. The summed E-state index contributed by atoms with van der Waals surface area (Å²) in [5.74, 6) is 0. The van der Waals surface area contributed by atoms with E-state index in [4.69, 9.17) is 5.41 Å². The molecule has 0 bridgehead atoms. The Morgan fingerprint density at radius 2 is 1.52 bits per heavy atom. The lowest BCUT2D eigenvalue weighted by Gasteiger charge is -2.27. The normalized spacial score (nSPS) is 20.5. The summed E-state index contributed by atoms with van der Waals surface area (Å²) < 4.78 is 4.33. The number of aliphatic hydroxyl groups excluding tert-OH is 1.